The minimum atomic E-state index is -3.60. The molecule has 0 unspecified atom stereocenters. The van der Waals surface area contributed by atoms with E-state index in [-0.39, 0.29) is 4.90 Å². The monoisotopic (exact) mass is 324 g/mol. The van der Waals surface area contributed by atoms with Crippen LogP contribution in [0, 0.1) is 20.8 Å². The first kappa shape index (κ1) is 16.5. The third kappa shape index (κ3) is 3.48. The largest absolute Gasteiger partial charge is 0.496 e. The highest BCUT2D eigenvalue weighted by Crippen LogP contribution is 2.20. The molecule has 6 nitrogen and oxygen atoms in total. The topological polar surface area (TPSA) is 81.4 Å². The van der Waals surface area contributed by atoms with Crippen LogP contribution in [0.3, 0.4) is 0 Å². The van der Waals surface area contributed by atoms with E-state index in [4.69, 9.17) is 9.26 Å². The predicted octanol–water partition coefficient (Wildman–Crippen LogP) is 2.13. The molecule has 1 aromatic heterocycles. The second-order valence-corrected chi connectivity index (χ2v) is 6.81. The van der Waals surface area contributed by atoms with E-state index in [1.165, 1.54) is 0 Å². The number of methoxy groups -OCH3 is 1. The third-order valence-corrected chi connectivity index (χ3v) is 5.11. The number of nitrogens with zero attached hydrogens (tertiary/aromatic N) is 1. The SMILES string of the molecule is COc1ccc(CCNS(=O)(=O)c2c(C)noc2C)cc1C. The lowest BCUT2D eigenvalue weighted by molar-refractivity contribution is 0.390. The van der Waals surface area contributed by atoms with Crippen LogP contribution in [-0.2, 0) is 16.4 Å². The molecule has 0 saturated heterocycles. The lowest BCUT2D eigenvalue weighted by Crippen LogP contribution is -2.26. The van der Waals surface area contributed by atoms with Crippen LogP contribution >= 0.6 is 0 Å². The van der Waals surface area contributed by atoms with Gasteiger partial charge in [0.1, 0.15) is 16.3 Å². The average molecular weight is 324 g/mol. The van der Waals surface area contributed by atoms with Crippen molar-refractivity contribution in [1.29, 1.82) is 0 Å². The van der Waals surface area contributed by atoms with Crippen LogP contribution in [-0.4, -0.2) is 27.2 Å². The maximum absolute atomic E-state index is 12.3. The van der Waals surface area contributed by atoms with Gasteiger partial charge in [-0.15, -0.1) is 0 Å². The molecule has 0 aliphatic heterocycles. The molecule has 1 N–H and O–H groups in total. The summed E-state index contributed by atoms with van der Waals surface area (Å²) in [4.78, 5) is 0.124. The third-order valence-electron chi connectivity index (χ3n) is 3.40. The molecule has 0 spiro atoms. The van der Waals surface area contributed by atoms with E-state index in [2.05, 4.69) is 9.88 Å². The van der Waals surface area contributed by atoms with Gasteiger partial charge in [-0.2, -0.15) is 0 Å². The van der Waals surface area contributed by atoms with Crippen LogP contribution in [0.1, 0.15) is 22.6 Å². The molecule has 0 radical (unpaired) electrons. The van der Waals surface area contributed by atoms with Crippen molar-refractivity contribution < 1.29 is 17.7 Å². The van der Waals surface area contributed by atoms with Gasteiger partial charge in [0.05, 0.1) is 7.11 Å². The van der Waals surface area contributed by atoms with Crippen LogP contribution in [0.15, 0.2) is 27.6 Å². The first-order valence-electron chi connectivity index (χ1n) is 6.91. The van der Waals surface area contributed by atoms with Gasteiger partial charge < -0.3 is 9.26 Å². The Morgan fingerprint density at radius 2 is 2.00 bits per heavy atom. The molecule has 1 aromatic carbocycles. The zero-order valence-corrected chi connectivity index (χ0v) is 14.0. The van der Waals surface area contributed by atoms with Crippen LogP contribution in [0.4, 0.5) is 0 Å². The number of ether oxygens (including phenoxy) is 1. The maximum Gasteiger partial charge on any atom is 0.245 e. The van der Waals surface area contributed by atoms with Gasteiger partial charge in [-0.05, 0) is 44.4 Å². The Morgan fingerprint density at radius 3 is 2.55 bits per heavy atom. The van der Waals surface area contributed by atoms with E-state index >= 15 is 0 Å². The molecule has 0 fully saturated rings. The van der Waals surface area contributed by atoms with Crippen LogP contribution in [0.25, 0.3) is 0 Å². The Balaban J connectivity index is 2.03. The van der Waals surface area contributed by atoms with Crippen molar-refractivity contribution in [2.24, 2.45) is 0 Å². The summed E-state index contributed by atoms with van der Waals surface area (Å²) in [5.41, 5.74) is 2.43. The zero-order chi connectivity index (χ0) is 16.3. The number of aryl methyl sites for hydroxylation is 3. The Hall–Kier alpha value is -1.86. The van der Waals surface area contributed by atoms with E-state index in [9.17, 15) is 8.42 Å². The van der Waals surface area contributed by atoms with E-state index in [1.54, 1.807) is 21.0 Å². The van der Waals surface area contributed by atoms with E-state index in [1.807, 2.05) is 25.1 Å². The lowest BCUT2D eigenvalue weighted by Gasteiger charge is -2.09. The second kappa shape index (κ2) is 6.50. The number of benzene rings is 1. The van der Waals surface area contributed by atoms with Crippen molar-refractivity contribution in [3.8, 4) is 5.75 Å². The van der Waals surface area contributed by atoms with Gasteiger partial charge in [0, 0.05) is 6.54 Å². The quantitative estimate of drug-likeness (QED) is 0.880. The summed E-state index contributed by atoms with van der Waals surface area (Å²) in [7, 11) is -1.98. The molecule has 0 atom stereocenters. The zero-order valence-electron chi connectivity index (χ0n) is 13.1. The molecule has 0 saturated carbocycles. The summed E-state index contributed by atoms with van der Waals surface area (Å²) in [5.74, 6) is 1.12. The molecule has 0 aliphatic carbocycles. The molecule has 0 bridgehead atoms. The molecule has 22 heavy (non-hydrogen) atoms. The second-order valence-electron chi connectivity index (χ2n) is 5.11. The summed E-state index contributed by atoms with van der Waals surface area (Å²) in [6.07, 6.45) is 0.591. The molecule has 0 aliphatic rings. The van der Waals surface area contributed by atoms with E-state index < -0.39 is 10.0 Å². The predicted molar refractivity (Wildman–Crippen MR) is 82.6 cm³/mol. The Labute approximate surface area is 130 Å². The number of sulfonamides is 1. The minimum absolute atomic E-state index is 0.124. The van der Waals surface area contributed by atoms with Crippen molar-refractivity contribution in [3.05, 3.63) is 40.8 Å². The van der Waals surface area contributed by atoms with Crippen molar-refractivity contribution in [2.45, 2.75) is 32.1 Å². The lowest BCUT2D eigenvalue weighted by atomic mass is 10.1. The van der Waals surface area contributed by atoms with Gasteiger partial charge >= 0.3 is 0 Å². The smallest absolute Gasteiger partial charge is 0.245 e. The molecule has 120 valence electrons. The highest BCUT2D eigenvalue weighted by atomic mass is 32.2. The van der Waals surface area contributed by atoms with Gasteiger partial charge in [-0.3, -0.25) is 0 Å². The number of aromatic nitrogens is 1. The maximum atomic E-state index is 12.3. The highest BCUT2D eigenvalue weighted by molar-refractivity contribution is 7.89. The standard InChI is InChI=1S/C15H20N2O4S/c1-10-9-13(5-6-14(10)20-4)7-8-16-22(18,19)15-11(2)17-21-12(15)3/h5-6,9,16H,7-8H2,1-4H3. The first-order valence-corrected chi connectivity index (χ1v) is 8.39. The first-order chi connectivity index (χ1) is 10.3. The number of nitrogens with one attached hydrogen (secondary N) is 1. The van der Waals surface area contributed by atoms with Gasteiger partial charge in [-0.25, -0.2) is 13.1 Å². The van der Waals surface area contributed by atoms with Crippen molar-refractivity contribution in [2.75, 3.05) is 13.7 Å². The summed E-state index contributed by atoms with van der Waals surface area (Å²) >= 11 is 0. The van der Waals surface area contributed by atoms with Crippen LogP contribution in [0.2, 0.25) is 0 Å². The van der Waals surface area contributed by atoms with Gasteiger partial charge in [-0.1, -0.05) is 17.3 Å². The molecule has 1 heterocycles. The van der Waals surface area contributed by atoms with Crippen molar-refractivity contribution in [3.63, 3.8) is 0 Å². The summed E-state index contributed by atoms with van der Waals surface area (Å²) in [6, 6.07) is 5.80. The molecular formula is C15H20N2O4S. The summed E-state index contributed by atoms with van der Waals surface area (Å²) in [5, 5.41) is 3.67. The number of rotatable bonds is 6. The normalized spacial score (nSPS) is 11.6. The van der Waals surface area contributed by atoms with E-state index in [0.29, 0.717) is 24.4 Å². The average Bonchev–Trinajstić information content (AvgIpc) is 2.79. The fraction of sp³-hybridized carbons (Fsp3) is 0.400. The van der Waals surface area contributed by atoms with Gasteiger partial charge in [0.2, 0.25) is 10.0 Å². The summed E-state index contributed by atoms with van der Waals surface area (Å²) < 4.78 is 37.2. The molecule has 2 aromatic rings. The molecule has 7 heteroatoms. The molecular weight excluding hydrogens is 304 g/mol. The van der Waals surface area contributed by atoms with Crippen LogP contribution < -0.4 is 9.46 Å². The van der Waals surface area contributed by atoms with E-state index in [0.717, 1.165) is 16.9 Å². The van der Waals surface area contributed by atoms with Gasteiger partial charge in [0.15, 0.2) is 5.76 Å². The number of hydrogen-bond acceptors (Lipinski definition) is 5. The molecule has 0 amide bonds. The minimum Gasteiger partial charge on any atom is -0.496 e. The summed E-state index contributed by atoms with van der Waals surface area (Å²) in [6.45, 7) is 5.45. The van der Waals surface area contributed by atoms with Gasteiger partial charge in [0.25, 0.3) is 0 Å². The van der Waals surface area contributed by atoms with Crippen molar-refractivity contribution in [1.82, 2.24) is 9.88 Å². The Kier molecular flexibility index (Phi) is 4.87. The Bertz CT molecular complexity index is 746. The van der Waals surface area contributed by atoms with Crippen LogP contribution in [0.5, 0.6) is 5.75 Å². The highest BCUT2D eigenvalue weighted by Gasteiger charge is 2.23. The number of hydrogen-bond donors (Lipinski definition) is 1. The Morgan fingerprint density at radius 1 is 1.27 bits per heavy atom. The van der Waals surface area contributed by atoms with Crippen molar-refractivity contribution >= 4 is 10.0 Å². The fourth-order valence-corrected chi connectivity index (χ4v) is 3.71. The molecule has 2 rings (SSSR count). The fourth-order valence-electron chi connectivity index (χ4n) is 2.36.